The third-order valence-electron chi connectivity index (χ3n) is 10.3. The molecule has 200 valence electrons. The third-order valence-corrected chi connectivity index (χ3v) is 10.6. The molecule has 7 unspecified atom stereocenters. The second-order valence-corrected chi connectivity index (χ2v) is 13.3. The number of carbonyl (C=O) groups excluding carboxylic acids is 2. The molecule has 2 bridgehead atoms. The Morgan fingerprint density at radius 1 is 1.22 bits per heavy atom. The number of halogens is 1. The quantitative estimate of drug-likeness (QED) is 0.519. The molecule has 37 heavy (non-hydrogen) atoms. The van der Waals surface area contributed by atoms with Crippen LogP contribution in [0.15, 0.2) is 47.6 Å². The van der Waals surface area contributed by atoms with E-state index in [1.807, 2.05) is 39.0 Å². The molecule has 4 aliphatic rings. The van der Waals surface area contributed by atoms with Crippen LogP contribution >= 0.6 is 11.6 Å². The Morgan fingerprint density at radius 2 is 1.84 bits per heavy atom. The maximum Gasteiger partial charge on any atom is 0.233 e. The fourth-order valence-corrected chi connectivity index (χ4v) is 8.32. The minimum atomic E-state index is -2.00. The number of benzene rings is 1. The standard InChI is InChI=1S/C30H38ClNO5/c1-16-14-29-12-11-21-22(28(21,4)5)20(25(29)35)13-17(15-33)24(34)30(29,37)23(16)32(6)26(36)27(2,3)18-7-9-19(31)10-8-18/h7-10,13-14,20-24,33-34,37H,11-12,15H2,1-6H3. The van der Waals surface area contributed by atoms with Crippen LogP contribution in [-0.4, -0.2) is 63.3 Å². The predicted octanol–water partition coefficient (Wildman–Crippen LogP) is 3.67. The van der Waals surface area contributed by atoms with Crippen LogP contribution in [-0.2, 0) is 15.0 Å². The predicted molar refractivity (Wildman–Crippen MR) is 142 cm³/mol. The molecule has 1 amide bonds. The molecule has 0 aliphatic heterocycles. The number of hydrogen-bond acceptors (Lipinski definition) is 5. The molecule has 2 saturated carbocycles. The van der Waals surface area contributed by atoms with Crippen molar-refractivity contribution in [2.45, 2.75) is 70.6 Å². The van der Waals surface area contributed by atoms with Crippen LogP contribution < -0.4 is 0 Å². The minimum absolute atomic E-state index is 0.0153. The first kappa shape index (κ1) is 26.6. The van der Waals surface area contributed by atoms with E-state index in [9.17, 15) is 24.9 Å². The molecule has 5 rings (SSSR count). The van der Waals surface area contributed by atoms with E-state index in [-0.39, 0.29) is 28.6 Å². The number of ketones is 1. The normalized spacial score (nSPS) is 38.0. The number of rotatable bonds is 4. The summed E-state index contributed by atoms with van der Waals surface area (Å²) in [5.74, 6) is -0.442. The Hall–Kier alpha value is -1.99. The second-order valence-electron chi connectivity index (χ2n) is 12.8. The van der Waals surface area contributed by atoms with Gasteiger partial charge in [0.05, 0.1) is 23.5 Å². The van der Waals surface area contributed by atoms with E-state index in [0.29, 0.717) is 22.9 Å². The molecule has 0 radical (unpaired) electrons. The van der Waals surface area contributed by atoms with Gasteiger partial charge in [0.25, 0.3) is 0 Å². The summed E-state index contributed by atoms with van der Waals surface area (Å²) >= 11 is 6.07. The highest BCUT2D eigenvalue weighted by Gasteiger charge is 2.74. The zero-order chi connectivity index (χ0) is 27.3. The van der Waals surface area contributed by atoms with E-state index in [1.165, 1.54) is 4.90 Å². The van der Waals surface area contributed by atoms with Crippen LogP contribution in [0.4, 0.5) is 0 Å². The van der Waals surface area contributed by atoms with Gasteiger partial charge in [-0.25, -0.2) is 0 Å². The van der Waals surface area contributed by atoms with Gasteiger partial charge in [0.2, 0.25) is 5.91 Å². The van der Waals surface area contributed by atoms with Crippen LogP contribution in [0.1, 0.15) is 53.0 Å². The first-order chi connectivity index (χ1) is 17.2. The van der Waals surface area contributed by atoms with E-state index in [1.54, 1.807) is 25.3 Å². The van der Waals surface area contributed by atoms with Crippen molar-refractivity contribution in [3.63, 3.8) is 0 Å². The molecule has 0 saturated heterocycles. The lowest BCUT2D eigenvalue weighted by molar-refractivity contribution is -0.176. The number of hydrogen-bond donors (Lipinski definition) is 3. The second kappa shape index (κ2) is 8.25. The zero-order valence-corrected chi connectivity index (χ0v) is 23.2. The molecular weight excluding hydrogens is 490 g/mol. The fourth-order valence-electron chi connectivity index (χ4n) is 8.20. The molecule has 1 aromatic carbocycles. The lowest BCUT2D eigenvalue weighted by Crippen LogP contribution is -2.67. The van der Waals surface area contributed by atoms with Crippen molar-refractivity contribution in [2.75, 3.05) is 13.7 Å². The number of aliphatic hydroxyl groups is 3. The molecular formula is C30H38ClNO5. The first-order valence-electron chi connectivity index (χ1n) is 13.1. The average Bonchev–Trinajstić information content (AvgIpc) is 3.35. The Morgan fingerprint density at radius 3 is 2.43 bits per heavy atom. The highest BCUT2D eigenvalue weighted by molar-refractivity contribution is 6.30. The summed E-state index contributed by atoms with van der Waals surface area (Å²) in [5, 5.41) is 35.2. The molecule has 0 aromatic heterocycles. The third kappa shape index (κ3) is 3.35. The van der Waals surface area contributed by atoms with Crippen molar-refractivity contribution in [2.24, 2.45) is 28.6 Å². The van der Waals surface area contributed by atoms with Crippen molar-refractivity contribution in [3.8, 4) is 0 Å². The highest BCUT2D eigenvalue weighted by atomic mass is 35.5. The van der Waals surface area contributed by atoms with Crippen LogP contribution in [0.3, 0.4) is 0 Å². The van der Waals surface area contributed by atoms with Crippen molar-refractivity contribution < 1.29 is 24.9 Å². The van der Waals surface area contributed by atoms with E-state index < -0.39 is 41.1 Å². The fraction of sp³-hybridized carbons (Fsp3) is 0.600. The minimum Gasteiger partial charge on any atom is -0.392 e. The van der Waals surface area contributed by atoms with E-state index in [2.05, 4.69) is 13.8 Å². The van der Waals surface area contributed by atoms with Gasteiger partial charge in [0, 0.05) is 18.0 Å². The van der Waals surface area contributed by atoms with Gasteiger partial charge in [-0.15, -0.1) is 0 Å². The smallest absolute Gasteiger partial charge is 0.233 e. The number of aliphatic hydroxyl groups excluding tert-OH is 2. The summed E-state index contributed by atoms with van der Waals surface area (Å²) in [5.41, 5.74) is -2.64. The largest absolute Gasteiger partial charge is 0.392 e. The molecule has 1 aromatic rings. The Kier molecular flexibility index (Phi) is 5.94. The number of amides is 1. The van der Waals surface area contributed by atoms with Crippen molar-refractivity contribution in [3.05, 3.63) is 58.1 Å². The summed E-state index contributed by atoms with van der Waals surface area (Å²) in [6.07, 6.45) is 3.17. The zero-order valence-electron chi connectivity index (χ0n) is 22.5. The van der Waals surface area contributed by atoms with Gasteiger partial charge in [0.15, 0.2) is 5.78 Å². The maximum atomic E-state index is 14.4. The van der Waals surface area contributed by atoms with Crippen LogP contribution in [0.5, 0.6) is 0 Å². The number of allylic oxidation sites excluding steroid dienone is 1. The summed E-state index contributed by atoms with van der Waals surface area (Å²) in [6.45, 7) is 9.30. The molecule has 4 aliphatic carbocycles. The van der Waals surface area contributed by atoms with Crippen molar-refractivity contribution in [1.82, 2.24) is 4.90 Å². The highest BCUT2D eigenvalue weighted by Crippen LogP contribution is 2.70. The van der Waals surface area contributed by atoms with Gasteiger partial charge in [-0.1, -0.05) is 55.3 Å². The Labute approximate surface area is 224 Å². The molecule has 7 atom stereocenters. The molecule has 7 heteroatoms. The SMILES string of the molecule is CC1=CC23CCC4C(C(C=C(CO)C(O)C2(O)C1N(C)C(=O)C(C)(C)c1ccc(Cl)cc1)C3=O)C4(C)C. The summed E-state index contributed by atoms with van der Waals surface area (Å²) in [7, 11) is 1.62. The van der Waals surface area contributed by atoms with Crippen LogP contribution in [0.25, 0.3) is 0 Å². The Balaban J connectivity index is 1.60. The molecule has 3 N–H and O–H groups in total. The van der Waals surface area contributed by atoms with Crippen LogP contribution in [0, 0.1) is 28.6 Å². The first-order valence-corrected chi connectivity index (χ1v) is 13.5. The van der Waals surface area contributed by atoms with Gasteiger partial charge >= 0.3 is 0 Å². The Bertz CT molecular complexity index is 1220. The van der Waals surface area contributed by atoms with E-state index in [4.69, 9.17) is 11.6 Å². The van der Waals surface area contributed by atoms with Gasteiger partial charge < -0.3 is 20.2 Å². The number of likely N-dealkylation sites (N-methyl/N-ethyl adjacent to an activating group) is 1. The number of carbonyl (C=O) groups is 2. The van der Waals surface area contributed by atoms with E-state index >= 15 is 0 Å². The average molecular weight is 528 g/mol. The lowest BCUT2D eigenvalue weighted by atomic mass is 9.62. The molecule has 2 fully saturated rings. The van der Waals surface area contributed by atoms with Gasteiger partial charge in [-0.05, 0) is 74.1 Å². The van der Waals surface area contributed by atoms with Crippen molar-refractivity contribution in [1.29, 1.82) is 0 Å². The molecule has 0 heterocycles. The van der Waals surface area contributed by atoms with Crippen molar-refractivity contribution >= 4 is 23.3 Å². The number of nitrogens with zero attached hydrogens (tertiary/aromatic N) is 1. The monoisotopic (exact) mass is 527 g/mol. The van der Waals surface area contributed by atoms with Gasteiger partial charge in [0.1, 0.15) is 11.7 Å². The van der Waals surface area contributed by atoms with Gasteiger partial charge in [-0.2, -0.15) is 0 Å². The summed E-state index contributed by atoms with van der Waals surface area (Å²) in [4.78, 5) is 29.9. The lowest BCUT2D eigenvalue weighted by Gasteiger charge is -2.50. The molecule has 6 nitrogen and oxygen atoms in total. The summed E-state index contributed by atoms with van der Waals surface area (Å²) in [6, 6.07) is 6.14. The van der Waals surface area contributed by atoms with Gasteiger partial charge in [-0.3, -0.25) is 9.59 Å². The number of fused-ring (bicyclic) bond motifs is 3. The van der Waals surface area contributed by atoms with E-state index in [0.717, 1.165) is 12.0 Å². The molecule has 1 spiro atoms. The van der Waals surface area contributed by atoms with Crippen LogP contribution in [0.2, 0.25) is 5.02 Å². The summed E-state index contributed by atoms with van der Waals surface area (Å²) < 4.78 is 0. The number of Topliss-reactive ketones (excluding diaryl/α,β-unsaturated/α-hetero) is 1. The maximum absolute atomic E-state index is 14.4. The topological polar surface area (TPSA) is 98.1 Å².